The van der Waals surface area contributed by atoms with E-state index in [4.69, 9.17) is 42.8 Å². The number of benzene rings is 3. The van der Waals surface area contributed by atoms with E-state index in [-0.39, 0.29) is 18.1 Å². The zero-order valence-electron chi connectivity index (χ0n) is 23.4. The first-order valence-electron chi connectivity index (χ1n) is 14.1. The highest BCUT2D eigenvalue weighted by Crippen LogP contribution is 2.35. The van der Waals surface area contributed by atoms with E-state index in [1.54, 1.807) is 24.4 Å². The van der Waals surface area contributed by atoms with Gasteiger partial charge in [0.1, 0.15) is 12.4 Å². The van der Waals surface area contributed by atoms with Gasteiger partial charge in [-0.25, -0.2) is 4.98 Å². The van der Waals surface area contributed by atoms with Crippen molar-refractivity contribution in [3.63, 3.8) is 0 Å². The van der Waals surface area contributed by atoms with Crippen LogP contribution in [0, 0.1) is 0 Å². The van der Waals surface area contributed by atoms with Crippen LogP contribution in [0.15, 0.2) is 75.6 Å². The molecule has 1 fully saturated rings. The molecule has 0 atom stereocenters. The second-order valence-electron chi connectivity index (χ2n) is 10.3. The van der Waals surface area contributed by atoms with Gasteiger partial charge in [0.2, 0.25) is 0 Å². The van der Waals surface area contributed by atoms with Crippen molar-refractivity contribution < 1.29 is 9.47 Å². The zero-order chi connectivity index (χ0) is 29.6. The van der Waals surface area contributed by atoms with E-state index in [2.05, 4.69) is 22.5 Å². The molecule has 0 aliphatic heterocycles. The molecule has 9 heteroatoms. The van der Waals surface area contributed by atoms with Crippen LogP contribution in [0.3, 0.4) is 0 Å². The molecule has 0 N–H and O–H groups in total. The third kappa shape index (κ3) is 6.91. The van der Waals surface area contributed by atoms with Crippen LogP contribution in [-0.2, 0) is 13.0 Å². The lowest BCUT2D eigenvalue weighted by Gasteiger charge is -2.22. The van der Waals surface area contributed by atoms with E-state index in [9.17, 15) is 4.79 Å². The van der Waals surface area contributed by atoms with E-state index in [0.717, 1.165) is 46.8 Å². The molecule has 1 saturated carbocycles. The lowest BCUT2D eigenvalue weighted by Crippen LogP contribution is -2.25. The van der Waals surface area contributed by atoms with Crippen molar-refractivity contribution in [3.05, 3.63) is 109 Å². The van der Waals surface area contributed by atoms with Crippen molar-refractivity contribution in [1.82, 2.24) is 9.66 Å². The molecule has 3 aromatic carbocycles. The van der Waals surface area contributed by atoms with Gasteiger partial charge in [-0.1, -0.05) is 70.5 Å². The van der Waals surface area contributed by atoms with Crippen LogP contribution in [0.4, 0.5) is 0 Å². The van der Waals surface area contributed by atoms with Crippen LogP contribution < -0.4 is 15.0 Å². The molecular formula is C33H32BrCl2N3O3. The Morgan fingerprint density at radius 3 is 2.62 bits per heavy atom. The Kier molecular flexibility index (Phi) is 10.0. The van der Waals surface area contributed by atoms with Crippen molar-refractivity contribution in [3.8, 4) is 11.5 Å². The van der Waals surface area contributed by atoms with Crippen LogP contribution in [0.1, 0.15) is 67.5 Å². The van der Waals surface area contributed by atoms with Gasteiger partial charge >= 0.3 is 0 Å². The third-order valence-electron chi connectivity index (χ3n) is 7.31. The molecule has 0 amide bonds. The zero-order valence-corrected chi connectivity index (χ0v) is 26.5. The van der Waals surface area contributed by atoms with Crippen LogP contribution in [-0.4, -0.2) is 22.5 Å². The van der Waals surface area contributed by atoms with Gasteiger partial charge in [0.25, 0.3) is 5.56 Å². The predicted molar refractivity (Wildman–Crippen MR) is 175 cm³/mol. The molecule has 0 radical (unpaired) electrons. The number of allylic oxidation sites excluding steroid dienone is 1. The number of nitrogens with zero attached hydrogens (tertiary/aromatic N) is 3. The van der Waals surface area contributed by atoms with Gasteiger partial charge < -0.3 is 9.47 Å². The number of ether oxygens (including phenoxy) is 2. The Balaban J connectivity index is 1.54. The first-order valence-corrected chi connectivity index (χ1v) is 15.7. The summed E-state index contributed by atoms with van der Waals surface area (Å²) in [6.45, 7) is 6.58. The van der Waals surface area contributed by atoms with E-state index < -0.39 is 0 Å². The highest BCUT2D eigenvalue weighted by atomic mass is 79.9. The Morgan fingerprint density at radius 1 is 1.07 bits per heavy atom. The van der Waals surface area contributed by atoms with Crippen LogP contribution in [0.5, 0.6) is 11.5 Å². The first-order chi connectivity index (χ1) is 20.4. The van der Waals surface area contributed by atoms with E-state index >= 15 is 0 Å². The Morgan fingerprint density at radius 2 is 1.88 bits per heavy atom. The van der Waals surface area contributed by atoms with Crippen molar-refractivity contribution >= 4 is 56.2 Å². The molecule has 1 aliphatic rings. The van der Waals surface area contributed by atoms with Crippen LogP contribution in [0.25, 0.3) is 10.9 Å². The van der Waals surface area contributed by atoms with E-state index in [1.807, 2.05) is 43.3 Å². The lowest BCUT2D eigenvalue weighted by molar-refractivity contribution is 0.267. The van der Waals surface area contributed by atoms with E-state index in [1.165, 1.54) is 11.1 Å². The van der Waals surface area contributed by atoms with Crippen molar-refractivity contribution in [2.45, 2.75) is 58.0 Å². The summed E-state index contributed by atoms with van der Waals surface area (Å²) in [7, 11) is 0. The van der Waals surface area contributed by atoms with Gasteiger partial charge in [0.05, 0.1) is 33.8 Å². The number of aromatic nitrogens is 2. The molecule has 6 nitrogen and oxygen atoms in total. The predicted octanol–water partition coefficient (Wildman–Crippen LogP) is 9.10. The van der Waals surface area contributed by atoms with Crippen molar-refractivity contribution in [2.24, 2.45) is 5.10 Å². The largest absolute Gasteiger partial charge is 0.490 e. The SMILES string of the molecule is C=CCc1cc(C=Nn2c(C3CCCCC3)nc3ccc(Br)cc3c2=O)cc(OCC)c1OCc1ccc(Cl)c(Cl)c1. The molecule has 1 aliphatic carbocycles. The molecule has 42 heavy (non-hydrogen) atoms. The number of fused-ring (bicyclic) bond motifs is 1. The summed E-state index contributed by atoms with van der Waals surface area (Å²) >= 11 is 15.8. The molecular weight excluding hydrogens is 637 g/mol. The maximum Gasteiger partial charge on any atom is 0.282 e. The number of hydrogen-bond acceptors (Lipinski definition) is 5. The fourth-order valence-electron chi connectivity index (χ4n) is 5.30. The lowest BCUT2D eigenvalue weighted by atomic mass is 9.88. The summed E-state index contributed by atoms with van der Waals surface area (Å²) < 4.78 is 14.6. The number of hydrogen-bond donors (Lipinski definition) is 0. The minimum Gasteiger partial charge on any atom is -0.490 e. The Labute approximate surface area is 264 Å². The summed E-state index contributed by atoms with van der Waals surface area (Å²) in [6.07, 6.45) is 9.49. The van der Waals surface area contributed by atoms with Gasteiger partial charge in [-0.05, 0) is 79.8 Å². The monoisotopic (exact) mass is 667 g/mol. The van der Waals surface area contributed by atoms with E-state index in [0.29, 0.717) is 51.3 Å². The van der Waals surface area contributed by atoms with Crippen molar-refractivity contribution in [2.75, 3.05) is 6.61 Å². The third-order valence-corrected chi connectivity index (χ3v) is 8.54. The summed E-state index contributed by atoms with van der Waals surface area (Å²) in [4.78, 5) is 18.7. The Bertz CT molecular complexity index is 1700. The molecule has 4 aromatic rings. The summed E-state index contributed by atoms with van der Waals surface area (Å²) in [5.74, 6) is 2.10. The topological polar surface area (TPSA) is 65.7 Å². The van der Waals surface area contributed by atoms with Gasteiger partial charge in [-0.15, -0.1) is 6.58 Å². The van der Waals surface area contributed by atoms with Gasteiger partial charge in [-0.3, -0.25) is 4.79 Å². The van der Waals surface area contributed by atoms with Crippen molar-refractivity contribution in [1.29, 1.82) is 0 Å². The molecule has 0 spiro atoms. The van der Waals surface area contributed by atoms with Gasteiger partial charge in [0.15, 0.2) is 11.5 Å². The second-order valence-corrected chi connectivity index (χ2v) is 12.0. The molecule has 0 bridgehead atoms. The maximum absolute atomic E-state index is 13.7. The van der Waals surface area contributed by atoms with Gasteiger partial charge in [-0.2, -0.15) is 9.78 Å². The fourth-order valence-corrected chi connectivity index (χ4v) is 5.99. The molecule has 0 unspecified atom stereocenters. The number of rotatable bonds is 10. The van der Waals surface area contributed by atoms with Gasteiger partial charge in [0, 0.05) is 16.0 Å². The quantitative estimate of drug-likeness (QED) is 0.125. The second kappa shape index (κ2) is 13.9. The minimum atomic E-state index is -0.184. The standard InChI is InChI=1S/C33H32BrCl2N3O3/c1-3-8-24-15-22(17-30(41-4-2)31(24)42-20-21-11-13-27(35)28(36)16-21)19-37-39-32(23-9-6-5-7-10-23)38-29-14-12-25(34)18-26(29)33(39)40/h3,11-19,23H,1,4-10,20H2,2H3. The average molecular weight is 669 g/mol. The molecule has 5 rings (SSSR count). The van der Waals surface area contributed by atoms with Crippen LogP contribution in [0.2, 0.25) is 10.0 Å². The number of halogens is 3. The summed E-state index contributed by atoms with van der Waals surface area (Å²) in [5.41, 5.74) is 3.04. The maximum atomic E-state index is 13.7. The Hall–Kier alpha value is -3.13. The molecule has 1 aromatic heterocycles. The van der Waals surface area contributed by atoms with Crippen LogP contribution >= 0.6 is 39.1 Å². The minimum absolute atomic E-state index is 0.184. The summed E-state index contributed by atoms with van der Waals surface area (Å²) in [6, 6.07) is 14.9. The summed E-state index contributed by atoms with van der Waals surface area (Å²) in [5, 5.41) is 6.21. The smallest absolute Gasteiger partial charge is 0.282 e. The highest BCUT2D eigenvalue weighted by molar-refractivity contribution is 9.10. The fraction of sp³-hybridized carbons (Fsp3) is 0.303. The average Bonchev–Trinajstić information content (AvgIpc) is 2.99. The first kappa shape index (κ1) is 30.3. The molecule has 218 valence electrons. The molecule has 1 heterocycles. The normalized spacial score (nSPS) is 14.0. The highest BCUT2D eigenvalue weighted by Gasteiger charge is 2.23. The molecule has 0 saturated heterocycles.